The molecule has 1 aliphatic carbocycles. The summed E-state index contributed by atoms with van der Waals surface area (Å²) in [5.41, 5.74) is -1.07. The molecule has 15 heteroatoms. The van der Waals surface area contributed by atoms with E-state index in [4.69, 9.17) is 23.4 Å². The van der Waals surface area contributed by atoms with Crippen molar-refractivity contribution in [3.8, 4) is 40.1 Å². The first kappa shape index (κ1) is 30.8. The van der Waals surface area contributed by atoms with Gasteiger partial charge in [-0.05, 0) is 31.0 Å². The highest BCUT2D eigenvalue weighted by molar-refractivity contribution is 5.88. The minimum atomic E-state index is -1.80. The standard InChI is InChI=1S/C28H32O15/c1-39-16-6-10(2-3-12(16)31)25-26(23(37)19-14(33)7-11(30)8-17(19)41-25)43-28-27(24(38)22(36)18(9-29)42-28)40-15-5-4-13(32)20(34)21(15)35/h2-3,6-8,13,15,18,20-22,24,27-36,38H,4-5,9H2,1H3/t13-,15-,18-,20+,21-,22-,24+,27-,28+/m1/s1. The van der Waals surface area contributed by atoms with Crippen LogP contribution in [0.1, 0.15) is 12.8 Å². The molecule has 1 aromatic heterocycles. The number of ether oxygens (including phenoxy) is 4. The summed E-state index contributed by atoms with van der Waals surface area (Å²) in [4.78, 5) is 13.8. The van der Waals surface area contributed by atoms with E-state index in [0.717, 1.165) is 12.1 Å². The number of aliphatic hydroxyl groups excluding tert-OH is 6. The number of hydrogen-bond donors (Lipinski definition) is 9. The molecule has 2 aromatic carbocycles. The highest BCUT2D eigenvalue weighted by Gasteiger charge is 2.50. The Morgan fingerprint density at radius 3 is 2.35 bits per heavy atom. The second kappa shape index (κ2) is 12.1. The van der Waals surface area contributed by atoms with Gasteiger partial charge in [0.15, 0.2) is 17.3 Å². The van der Waals surface area contributed by atoms with Crippen LogP contribution in [-0.4, -0.2) is 115 Å². The van der Waals surface area contributed by atoms with Crippen molar-refractivity contribution < 1.29 is 69.3 Å². The van der Waals surface area contributed by atoms with Crippen LogP contribution >= 0.6 is 0 Å². The first-order valence-corrected chi connectivity index (χ1v) is 13.3. The van der Waals surface area contributed by atoms with E-state index < -0.39 is 89.8 Å². The average Bonchev–Trinajstić information content (AvgIpc) is 2.97. The first-order chi connectivity index (χ1) is 20.4. The van der Waals surface area contributed by atoms with Crippen molar-refractivity contribution in [1.82, 2.24) is 0 Å². The van der Waals surface area contributed by atoms with Crippen LogP contribution in [-0.2, 0) is 9.47 Å². The number of phenolic OH excluding ortho intramolecular Hbond substituents is 3. The van der Waals surface area contributed by atoms with E-state index >= 15 is 0 Å². The number of aromatic hydroxyl groups is 3. The Hall–Kier alpha value is -3.67. The Kier molecular flexibility index (Phi) is 8.69. The predicted molar refractivity (Wildman–Crippen MR) is 144 cm³/mol. The quantitative estimate of drug-likeness (QED) is 0.157. The summed E-state index contributed by atoms with van der Waals surface area (Å²) in [6.45, 7) is -0.782. The van der Waals surface area contributed by atoms with Gasteiger partial charge >= 0.3 is 0 Å². The Morgan fingerprint density at radius 1 is 0.907 bits per heavy atom. The topological polar surface area (TPSA) is 249 Å². The van der Waals surface area contributed by atoms with Crippen molar-refractivity contribution in [2.24, 2.45) is 0 Å². The van der Waals surface area contributed by atoms with Gasteiger partial charge < -0.3 is 69.3 Å². The lowest BCUT2D eigenvalue weighted by Crippen LogP contribution is -2.63. The van der Waals surface area contributed by atoms with Crippen LogP contribution in [0.15, 0.2) is 39.5 Å². The number of aliphatic hydroxyl groups is 6. The maximum Gasteiger partial charge on any atom is 0.239 e. The fourth-order valence-electron chi connectivity index (χ4n) is 5.27. The van der Waals surface area contributed by atoms with Crippen molar-refractivity contribution in [1.29, 1.82) is 0 Å². The molecule has 9 N–H and O–H groups in total. The van der Waals surface area contributed by atoms with E-state index in [-0.39, 0.29) is 41.2 Å². The molecule has 0 bridgehead atoms. The van der Waals surface area contributed by atoms with Crippen molar-refractivity contribution in [2.45, 2.75) is 68.0 Å². The van der Waals surface area contributed by atoms with Crippen LogP contribution in [0.5, 0.6) is 28.7 Å². The Labute approximate surface area is 242 Å². The molecule has 1 saturated carbocycles. The van der Waals surface area contributed by atoms with Crippen molar-refractivity contribution >= 4 is 11.0 Å². The number of methoxy groups -OCH3 is 1. The molecule has 15 nitrogen and oxygen atoms in total. The fourth-order valence-corrected chi connectivity index (χ4v) is 5.27. The summed E-state index contributed by atoms with van der Waals surface area (Å²) in [5.74, 6) is -2.20. The Morgan fingerprint density at radius 2 is 1.65 bits per heavy atom. The Bertz CT molecular complexity index is 1520. The van der Waals surface area contributed by atoms with Crippen LogP contribution < -0.4 is 14.9 Å². The Balaban J connectivity index is 1.63. The number of rotatable bonds is 7. The molecule has 0 radical (unpaired) electrons. The molecule has 9 atom stereocenters. The number of hydrogen-bond acceptors (Lipinski definition) is 15. The molecule has 5 rings (SSSR count). The minimum absolute atomic E-state index is 0.00833. The van der Waals surface area contributed by atoms with Gasteiger partial charge in [0.2, 0.25) is 17.5 Å². The second-order valence-corrected chi connectivity index (χ2v) is 10.4. The molecule has 1 saturated heterocycles. The molecule has 2 aliphatic rings. The monoisotopic (exact) mass is 608 g/mol. The van der Waals surface area contributed by atoms with E-state index in [2.05, 4.69) is 0 Å². The summed E-state index contributed by atoms with van der Waals surface area (Å²) in [6.07, 6.45) is -13.8. The van der Waals surface area contributed by atoms with Gasteiger partial charge in [0.05, 0.1) is 25.9 Å². The zero-order chi connectivity index (χ0) is 31.2. The third-order valence-corrected chi connectivity index (χ3v) is 7.62. The van der Waals surface area contributed by atoms with Crippen LogP contribution in [0.2, 0.25) is 0 Å². The van der Waals surface area contributed by atoms with Crippen molar-refractivity contribution in [2.75, 3.05) is 13.7 Å². The number of fused-ring (bicyclic) bond motifs is 1. The van der Waals surface area contributed by atoms with Crippen LogP contribution in [0.3, 0.4) is 0 Å². The SMILES string of the molecule is COc1cc(-c2oc3cc(O)cc(O)c3c(=O)c2O[C@@H]2O[C@H](CO)[C@@H](O)[C@H](O)[C@H]2O[C@@H]2CC[C@@H](O)[C@H](O)[C@@H]2O)ccc1O. The molecular formula is C28H32O15. The number of benzene rings is 2. The lowest BCUT2D eigenvalue weighted by molar-refractivity contribution is -0.305. The molecule has 0 unspecified atom stereocenters. The molecule has 3 aromatic rings. The zero-order valence-corrected chi connectivity index (χ0v) is 22.7. The summed E-state index contributed by atoms with van der Waals surface area (Å²) >= 11 is 0. The van der Waals surface area contributed by atoms with Gasteiger partial charge in [-0.25, -0.2) is 0 Å². The van der Waals surface area contributed by atoms with E-state index in [1.165, 1.54) is 25.3 Å². The van der Waals surface area contributed by atoms with Gasteiger partial charge in [0, 0.05) is 17.7 Å². The summed E-state index contributed by atoms with van der Waals surface area (Å²) in [6, 6.07) is 5.90. The molecule has 2 fully saturated rings. The van der Waals surface area contributed by atoms with Crippen LogP contribution in [0, 0.1) is 0 Å². The molecule has 0 amide bonds. The van der Waals surface area contributed by atoms with Gasteiger partial charge in [-0.2, -0.15) is 0 Å². The second-order valence-electron chi connectivity index (χ2n) is 10.4. The van der Waals surface area contributed by atoms with E-state index in [1.807, 2.05) is 0 Å². The average molecular weight is 609 g/mol. The van der Waals surface area contributed by atoms with Crippen LogP contribution in [0.4, 0.5) is 0 Å². The van der Waals surface area contributed by atoms with Gasteiger partial charge in [-0.3, -0.25) is 4.79 Å². The fraction of sp³-hybridized carbons (Fsp3) is 0.464. The van der Waals surface area contributed by atoms with E-state index in [0.29, 0.717) is 0 Å². The summed E-state index contributed by atoms with van der Waals surface area (Å²) < 4.78 is 28.5. The highest BCUT2D eigenvalue weighted by Crippen LogP contribution is 2.40. The predicted octanol–water partition coefficient (Wildman–Crippen LogP) is -0.967. The molecule has 234 valence electrons. The minimum Gasteiger partial charge on any atom is -0.508 e. The maximum absolute atomic E-state index is 13.8. The zero-order valence-electron chi connectivity index (χ0n) is 22.7. The van der Waals surface area contributed by atoms with Gasteiger partial charge in [0.25, 0.3) is 0 Å². The maximum atomic E-state index is 13.8. The third-order valence-electron chi connectivity index (χ3n) is 7.62. The smallest absolute Gasteiger partial charge is 0.239 e. The van der Waals surface area contributed by atoms with Crippen molar-refractivity contribution in [3.05, 3.63) is 40.6 Å². The van der Waals surface area contributed by atoms with Gasteiger partial charge in [-0.15, -0.1) is 0 Å². The summed E-state index contributed by atoms with van der Waals surface area (Å²) in [5, 5.41) is 92.0. The summed E-state index contributed by atoms with van der Waals surface area (Å²) in [7, 11) is 1.29. The largest absolute Gasteiger partial charge is 0.508 e. The third kappa shape index (κ3) is 5.69. The van der Waals surface area contributed by atoms with E-state index in [1.54, 1.807) is 0 Å². The molecular weight excluding hydrogens is 576 g/mol. The molecule has 2 heterocycles. The van der Waals surface area contributed by atoms with Gasteiger partial charge in [0.1, 0.15) is 59.1 Å². The lowest BCUT2D eigenvalue weighted by Gasteiger charge is -2.44. The normalized spacial score (nSPS) is 31.2. The first-order valence-electron chi connectivity index (χ1n) is 13.3. The molecule has 43 heavy (non-hydrogen) atoms. The van der Waals surface area contributed by atoms with Crippen molar-refractivity contribution in [3.63, 3.8) is 0 Å². The number of phenols is 3. The van der Waals surface area contributed by atoms with Crippen LogP contribution in [0.25, 0.3) is 22.3 Å². The highest BCUT2D eigenvalue weighted by atomic mass is 16.7. The molecule has 0 spiro atoms. The van der Waals surface area contributed by atoms with E-state index in [9.17, 15) is 50.8 Å². The van der Waals surface area contributed by atoms with Gasteiger partial charge in [-0.1, -0.05) is 0 Å². The lowest BCUT2D eigenvalue weighted by atomic mass is 9.89. The molecule has 1 aliphatic heterocycles.